The summed E-state index contributed by atoms with van der Waals surface area (Å²) in [6.45, 7) is 5.29. The maximum absolute atomic E-state index is 12.2. The number of esters is 1. The summed E-state index contributed by atoms with van der Waals surface area (Å²) < 4.78 is 11.9. The van der Waals surface area contributed by atoms with Crippen LogP contribution in [0.1, 0.15) is 19.5 Å². The van der Waals surface area contributed by atoms with Gasteiger partial charge in [0.1, 0.15) is 12.3 Å². The van der Waals surface area contributed by atoms with Gasteiger partial charge in [-0.05, 0) is 32.9 Å². The highest BCUT2D eigenvalue weighted by Gasteiger charge is 2.20. The Bertz CT molecular complexity index is 811. The Balaban J connectivity index is 1.96. The highest BCUT2D eigenvalue weighted by molar-refractivity contribution is 7.07. The minimum atomic E-state index is -1.00. The predicted octanol–water partition coefficient (Wildman–Crippen LogP) is 2.19. The van der Waals surface area contributed by atoms with Crippen LogP contribution in [-0.2, 0) is 20.9 Å². The summed E-state index contributed by atoms with van der Waals surface area (Å²) in [4.78, 5) is 35.6. The number of para-hydroxylation sites is 2. The molecular formula is C17H20N2O5S. The number of ether oxygens (including phenoxy) is 2. The topological polar surface area (TPSA) is 86.6 Å². The average Bonchev–Trinajstić information content (AvgIpc) is 2.88. The Morgan fingerprint density at radius 3 is 2.68 bits per heavy atom. The van der Waals surface area contributed by atoms with E-state index in [4.69, 9.17) is 9.47 Å². The number of hydrogen-bond donors (Lipinski definition) is 1. The van der Waals surface area contributed by atoms with E-state index in [0.717, 1.165) is 11.3 Å². The van der Waals surface area contributed by atoms with Crippen LogP contribution < -0.4 is 14.9 Å². The molecule has 1 N–H and O–H groups in total. The van der Waals surface area contributed by atoms with Gasteiger partial charge in [-0.2, -0.15) is 0 Å². The van der Waals surface area contributed by atoms with E-state index in [1.165, 1.54) is 11.5 Å². The quantitative estimate of drug-likeness (QED) is 0.761. The van der Waals surface area contributed by atoms with E-state index in [1.54, 1.807) is 36.6 Å². The van der Waals surface area contributed by atoms with Gasteiger partial charge >= 0.3 is 10.8 Å². The van der Waals surface area contributed by atoms with Crippen molar-refractivity contribution in [3.8, 4) is 5.75 Å². The fourth-order valence-corrected chi connectivity index (χ4v) is 2.83. The summed E-state index contributed by atoms with van der Waals surface area (Å²) in [6, 6.07) is 7.00. The van der Waals surface area contributed by atoms with Crippen molar-refractivity contribution in [3.63, 3.8) is 0 Å². The molecule has 0 aliphatic heterocycles. The number of thiazole rings is 1. The number of benzene rings is 1. The van der Waals surface area contributed by atoms with Crippen molar-refractivity contribution < 1.29 is 19.1 Å². The lowest BCUT2D eigenvalue weighted by molar-refractivity contribution is -0.153. The number of anilines is 1. The molecule has 0 bridgehead atoms. The SMILES string of the molecule is CCOc1ccccc1NC(=O)[C@H](C)OC(=O)Cn1c(C)csc1=O. The fourth-order valence-electron chi connectivity index (χ4n) is 2.10. The summed E-state index contributed by atoms with van der Waals surface area (Å²) in [5.41, 5.74) is 1.18. The van der Waals surface area contributed by atoms with Crippen molar-refractivity contribution in [1.29, 1.82) is 0 Å². The molecule has 1 atom stereocenters. The summed E-state index contributed by atoms with van der Waals surface area (Å²) >= 11 is 1.01. The van der Waals surface area contributed by atoms with Crippen LogP contribution in [0.4, 0.5) is 5.69 Å². The van der Waals surface area contributed by atoms with Crippen LogP contribution in [0.3, 0.4) is 0 Å². The highest BCUT2D eigenvalue weighted by atomic mass is 32.1. The monoisotopic (exact) mass is 364 g/mol. The third-order valence-electron chi connectivity index (χ3n) is 3.39. The molecular weight excluding hydrogens is 344 g/mol. The van der Waals surface area contributed by atoms with Gasteiger partial charge in [-0.1, -0.05) is 23.5 Å². The molecule has 0 aliphatic rings. The van der Waals surface area contributed by atoms with Crippen molar-refractivity contribution in [2.45, 2.75) is 33.4 Å². The lowest BCUT2D eigenvalue weighted by Crippen LogP contribution is -2.32. The van der Waals surface area contributed by atoms with Gasteiger partial charge in [-0.25, -0.2) is 0 Å². The second-order valence-corrected chi connectivity index (χ2v) is 6.10. The largest absolute Gasteiger partial charge is 0.492 e. The number of hydrogen-bond acceptors (Lipinski definition) is 6. The molecule has 8 heteroatoms. The first kappa shape index (κ1) is 18.7. The van der Waals surface area contributed by atoms with Crippen LogP contribution in [0, 0.1) is 6.92 Å². The van der Waals surface area contributed by atoms with Gasteiger partial charge in [0.05, 0.1) is 12.3 Å². The molecule has 0 unspecified atom stereocenters. The number of aromatic nitrogens is 1. The molecule has 0 saturated heterocycles. The third kappa shape index (κ3) is 4.93. The van der Waals surface area contributed by atoms with Gasteiger partial charge in [0.25, 0.3) is 5.91 Å². The summed E-state index contributed by atoms with van der Waals surface area (Å²) in [5.74, 6) is -0.587. The molecule has 0 aliphatic carbocycles. The zero-order valence-electron chi connectivity index (χ0n) is 14.3. The van der Waals surface area contributed by atoms with Gasteiger partial charge in [-0.15, -0.1) is 0 Å². The van der Waals surface area contributed by atoms with E-state index in [0.29, 0.717) is 23.7 Å². The van der Waals surface area contributed by atoms with Crippen molar-refractivity contribution in [2.75, 3.05) is 11.9 Å². The molecule has 0 fully saturated rings. The van der Waals surface area contributed by atoms with Crippen LogP contribution in [-0.4, -0.2) is 29.2 Å². The zero-order valence-corrected chi connectivity index (χ0v) is 15.1. The van der Waals surface area contributed by atoms with Crippen molar-refractivity contribution in [2.24, 2.45) is 0 Å². The van der Waals surface area contributed by atoms with Gasteiger partial charge in [0.2, 0.25) is 0 Å². The summed E-state index contributed by atoms with van der Waals surface area (Å²) in [5, 5.41) is 4.34. The second kappa shape index (κ2) is 8.48. The van der Waals surface area contributed by atoms with E-state index in [1.807, 2.05) is 6.92 Å². The normalized spacial score (nSPS) is 11.6. The Kier molecular flexibility index (Phi) is 6.35. The molecule has 2 rings (SSSR count). The molecule has 0 saturated carbocycles. The van der Waals surface area contributed by atoms with Gasteiger partial charge in [0, 0.05) is 11.1 Å². The van der Waals surface area contributed by atoms with Crippen LogP contribution >= 0.6 is 11.3 Å². The number of rotatable bonds is 7. The molecule has 25 heavy (non-hydrogen) atoms. The van der Waals surface area contributed by atoms with Crippen LogP contribution in [0.15, 0.2) is 34.4 Å². The smallest absolute Gasteiger partial charge is 0.326 e. The average molecular weight is 364 g/mol. The first-order valence-corrected chi connectivity index (χ1v) is 8.67. The minimum Gasteiger partial charge on any atom is -0.492 e. The number of carbonyl (C=O) groups is 2. The zero-order chi connectivity index (χ0) is 18.4. The summed E-state index contributed by atoms with van der Waals surface area (Å²) in [6.07, 6.45) is -1.00. The molecule has 1 amide bonds. The first-order valence-electron chi connectivity index (χ1n) is 7.79. The Hall–Kier alpha value is -2.61. The van der Waals surface area contributed by atoms with Gasteiger partial charge in [0.15, 0.2) is 6.10 Å². The minimum absolute atomic E-state index is 0.221. The standard InChI is InChI=1S/C17H20N2O5S/c1-4-23-14-8-6-5-7-13(14)18-16(21)12(3)24-15(20)9-19-11(2)10-25-17(19)22/h5-8,10,12H,4,9H2,1-3H3,(H,18,21)/t12-/m0/s1. The number of amides is 1. The van der Waals surface area contributed by atoms with E-state index >= 15 is 0 Å². The molecule has 1 aromatic carbocycles. The molecule has 2 aromatic rings. The van der Waals surface area contributed by atoms with Gasteiger partial charge in [-0.3, -0.25) is 19.0 Å². The Morgan fingerprint density at radius 2 is 2.04 bits per heavy atom. The van der Waals surface area contributed by atoms with E-state index in [9.17, 15) is 14.4 Å². The number of nitrogens with one attached hydrogen (secondary N) is 1. The van der Waals surface area contributed by atoms with E-state index < -0.39 is 18.0 Å². The van der Waals surface area contributed by atoms with Gasteiger partial charge < -0.3 is 14.8 Å². The van der Waals surface area contributed by atoms with Crippen molar-refractivity contribution in [1.82, 2.24) is 4.57 Å². The highest BCUT2D eigenvalue weighted by Crippen LogP contribution is 2.23. The van der Waals surface area contributed by atoms with Crippen LogP contribution in [0.5, 0.6) is 5.75 Å². The van der Waals surface area contributed by atoms with Crippen molar-refractivity contribution >= 4 is 28.9 Å². The lowest BCUT2D eigenvalue weighted by atomic mass is 10.2. The van der Waals surface area contributed by atoms with Crippen LogP contribution in [0.25, 0.3) is 0 Å². The Morgan fingerprint density at radius 1 is 1.32 bits per heavy atom. The molecule has 1 aromatic heterocycles. The predicted molar refractivity (Wildman–Crippen MR) is 95.1 cm³/mol. The lowest BCUT2D eigenvalue weighted by Gasteiger charge is -2.16. The van der Waals surface area contributed by atoms with E-state index in [-0.39, 0.29) is 11.4 Å². The Labute approximate surface area is 149 Å². The van der Waals surface area contributed by atoms with Crippen molar-refractivity contribution in [3.05, 3.63) is 45.0 Å². The first-order chi connectivity index (χ1) is 11.9. The summed E-state index contributed by atoms with van der Waals surface area (Å²) in [7, 11) is 0. The third-order valence-corrected chi connectivity index (χ3v) is 4.27. The molecule has 0 spiro atoms. The molecule has 0 radical (unpaired) electrons. The maximum Gasteiger partial charge on any atom is 0.326 e. The molecule has 134 valence electrons. The molecule has 7 nitrogen and oxygen atoms in total. The maximum atomic E-state index is 12.2. The number of nitrogens with zero attached hydrogens (tertiary/aromatic N) is 1. The molecule has 1 heterocycles. The number of aryl methyl sites for hydroxylation is 1. The number of carbonyl (C=O) groups excluding carboxylic acids is 2. The fraction of sp³-hybridized carbons (Fsp3) is 0.353. The van der Waals surface area contributed by atoms with E-state index in [2.05, 4.69) is 5.32 Å². The van der Waals surface area contributed by atoms with Crippen LogP contribution in [0.2, 0.25) is 0 Å². The second-order valence-electron chi connectivity index (χ2n) is 5.28.